The monoisotopic (exact) mass is 219 g/mol. The Labute approximate surface area is 80.6 Å². The van der Waals surface area contributed by atoms with Crippen LogP contribution in [0.2, 0.25) is 0 Å². The highest BCUT2D eigenvalue weighted by Gasteiger charge is 2.28. The number of rotatable bonds is 2. The first-order valence-corrected chi connectivity index (χ1v) is 5.47. The summed E-state index contributed by atoms with van der Waals surface area (Å²) in [7, 11) is -3.85. The Kier molecular flexibility index (Phi) is 2.31. The van der Waals surface area contributed by atoms with E-state index in [0.29, 0.717) is 18.8 Å². The predicted molar refractivity (Wildman–Crippen MR) is 44.7 cm³/mol. The first-order valence-electron chi connectivity index (χ1n) is 3.92. The lowest BCUT2D eigenvalue weighted by atomic mass is 10.3. The highest BCUT2D eigenvalue weighted by molar-refractivity contribution is 7.89. The molecule has 0 aromatic carbocycles. The fourth-order valence-electron chi connectivity index (χ4n) is 1.25. The Morgan fingerprint density at radius 3 is 2.57 bits per heavy atom. The van der Waals surface area contributed by atoms with Crippen molar-refractivity contribution in [2.75, 3.05) is 13.2 Å². The van der Waals surface area contributed by atoms with E-state index in [2.05, 4.69) is 0 Å². The van der Waals surface area contributed by atoms with Crippen molar-refractivity contribution in [1.29, 1.82) is 0 Å². The molecule has 2 heterocycles. The van der Waals surface area contributed by atoms with Crippen LogP contribution in [0.3, 0.4) is 0 Å². The van der Waals surface area contributed by atoms with Gasteiger partial charge in [0.05, 0.1) is 25.0 Å². The SMILES string of the molecule is NS(=O)(=O)c1occc1C1OCCO1. The van der Waals surface area contributed by atoms with Crippen LogP contribution in [0.4, 0.5) is 0 Å². The summed E-state index contributed by atoms with van der Waals surface area (Å²) >= 11 is 0. The van der Waals surface area contributed by atoms with Gasteiger partial charge in [0.15, 0.2) is 6.29 Å². The third kappa shape index (κ3) is 1.67. The van der Waals surface area contributed by atoms with Gasteiger partial charge in [-0.2, -0.15) is 0 Å². The second-order valence-electron chi connectivity index (χ2n) is 2.78. The molecule has 7 heteroatoms. The van der Waals surface area contributed by atoms with Gasteiger partial charge >= 0.3 is 0 Å². The fourth-order valence-corrected chi connectivity index (χ4v) is 1.93. The largest absolute Gasteiger partial charge is 0.451 e. The molecule has 1 aliphatic rings. The van der Waals surface area contributed by atoms with Crippen molar-refractivity contribution in [2.24, 2.45) is 5.14 Å². The molecule has 0 amide bonds. The van der Waals surface area contributed by atoms with Crippen molar-refractivity contribution in [2.45, 2.75) is 11.4 Å². The third-order valence-electron chi connectivity index (χ3n) is 1.79. The van der Waals surface area contributed by atoms with E-state index in [4.69, 9.17) is 19.0 Å². The molecule has 0 bridgehead atoms. The summed E-state index contributed by atoms with van der Waals surface area (Å²) in [5, 5.41) is 4.64. The highest BCUT2D eigenvalue weighted by Crippen LogP contribution is 2.29. The van der Waals surface area contributed by atoms with Gasteiger partial charge in [-0.15, -0.1) is 0 Å². The molecule has 78 valence electrons. The van der Waals surface area contributed by atoms with E-state index >= 15 is 0 Å². The van der Waals surface area contributed by atoms with Crippen LogP contribution in [0.25, 0.3) is 0 Å². The Bertz CT molecular complexity index is 417. The summed E-state index contributed by atoms with van der Waals surface area (Å²) in [6.45, 7) is 0.861. The van der Waals surface area contributed by atoms with E-state index in [9.17, 15) is 8.42 Å². The van der Waals surface area contributed by atoms with Crippen molar-refractivity contribution in [3.05, 3.63) is 17.9 Å². The lowest BCUT2D eigenvalue weighted by Crippen LogP contribution is -2.14. The van der Waals surface area contributed by atoms with Gasteiger partial charge in [-0.1, -0.05) is 0 Å². The molecule has 1 saturated heterocycles. The highest BCUT2D eigenvalue weighted by atomic mass is 32.2. The van der Waals surface area contributed by atoms with E-state index in [0.717, 1.165) is 0 Å². The lowest BCUT2D eigenvalue weighted by molar-refractivity contribution is -0.0472. The van der Waals surface area contributed by atoms with Gasteiger partial charge in [-0.25, -0.2) is 13.6 Å². The minimum atomic E-state index is -3.85. The maximum Gasteiger partial charge on any atom is 0.271 e. The van der Waals surface area contributed by atoms with E-state index in [1.807, 2.05) is 0 Å². The zero-order valence-electron chi connectivity index (χ0n) is 7.17. The van der Waals surface area contributed by atoms with Crippen molar-refractivity contribution < 1.29 is 22.3 Å². The molecular weight excluding hydrogens is 210 g/mol. The second kappa shape index (κ2) is 3.35. The van der Waals surface area contributed by atoms with Crippen LogP contribution in [0, 0.1) is 0 Å². The number of sulfonamides is 1. The maximum absolute atomic E-state index is 11.0. The van der Waals surface area contributed by atoms with Crippen LogP contribution >= 0.6 is 0 Å². The third-order valence-corrected chi connectivity index (χ3v) is 2.64. The fraction of sp³-hybridized carbons (Fsp3) is 0.429. The van der Waals surface area contributed by atoms with E-state index in [1.165, 1.54) is 12.3 Å². The van der Waals surface area contributed by atoms with Crippen molar-refractivity contribution >= 4 is 10.0 Å². The quantitative estimate of drug-likeness (QED) is 0.754. The molecule has 1 fully saturated rings. The van der Waals surface area contributed by atoms with Gasteiger partial charge in [-0.05, 0) is 6.07 Å². The number of furan rings is 1. The van der Waals surface area contributed by atoms with Crippen LogP contribution in [-0.4, -0.2) is 21.6 Å². The summed E-state index contributed by atoms with van der Waals surface area (Å²) in [5.41, 5.74) is 0.310. The standard InChI is InChI=1S/C7H9NO5S/c8-14(9,10)7-5(1-2-13-7)6-11-3-4-12-6/h1-2,6H,3-4H2,(H2,8,9,10). The maximum atomic E-state index is 11.0. The minimum absolute atomic E-state index is 0.301. The molecule has 0 atom stereocenters. The van der Waals surface area contributed by atoms with Crippen LogP contribution in [0.15, 0.2) is 21.8 Å². The Morgan fingerprint density at radius 1 is 1.36 bits per heavy atom. The molecule has 1 aromatic heterocycles. The van der Waals surface area contributed by atoms with E-state index < -0.39 is 16.3 Å². The number of primary sulfonamides is 1. The van der Waals surface area contributed by atoms with Crippen LogP contribution < -0.4 is 5.14 Å². The normalized spacial score (nSPS) is 18.9. The van der Waals surface area contributed by atoms with Crippen molar-refractivity contribution in [1.82, 2.24) is 0 Å². The van der Waals surface area contributed by atoms with Gasteiger partial charge in [0.1, 0.15) is 0 Å². The zero-order valence-corrected chi connectivity index (χ0v) is 7.99. The average molecular weight is 219 g/mol. The molecule has 6 nitrogen and oxygen atoms in total. The van der Waals surface area contributed by atoms with Crippen LogP contribution in [0.1, 0.15) is 11.9 Å². The number of ether oxygens (including phenoxy) is 2. The average Bonchev–Trinajstić information content (AvgIpc) is 2.73. The molecule has 2 N–H and O–H groups in total. The lowest BCUT2D eigenvalue weighted by Gasteiger charge is -2.07. The van der Waals surface area contributed by atoms with Crippen LogP contribution in [-0.2, 0) is 19.5 Å². The predicted octanol–water partition coefficient (Wildman–Crippen LogP) is -0.0276. The summed E-state index contributed by atoms with van der Waals surface area (Å²) in [5.74, 6) is 0. The zero-order chi connectivity index (χ0) is 10.2. The Hall–Kier alpha value is -0.890. The van der Waals surface area contributed by atoms with Gasteiger partial charge in [0, 0.05) is 0 Å². The number of nitrogens with two attached hydrogens (primary N) is 1. The number of hydrogen-bond acceptors (Lipinski definition) is 5. The molecule has 0 saturated carbocycles. The smallest absolute Gasteiger partial charge is 0.271 e. The van der Waals surface area contributed by atoms with Crippen molar-refractivity contribution in [3.63, 3.8) is 0 Å². The first kappa shape index (κ1) is 9.66. The molecule has 0 spiro atoms. The Morgan fingerprint density at radius 2 is 2.00 bits per heavy atom. The van der Waals surface area contributed by atoms with Gasteiger partial charge in [0.25, 0.3) is 10.0 Å². The summed E-state index contributed by atoms with van der Waals surface area (Å²) in [6, 6.07) is 1.47. The van der Waals surface area contributed by atoms with E-state index in [-0.39, 0.29) is 5.09 Å². The minimum Gasteiger partial charge on any atom is -0.451 e. The topological polar surface area (TPSA) is 91.8 Å². The summed E-state index contributed by atoms with van der Waals surface area (Å²) in [4.78, 5) is 0. The first-order chi connectivity index (χ1) is 6.59. The van der Waals surface area contributed by atoms with Gasteiger partial charge in [0.2, 0.25) is 5.09 Å². The summed E-state index contributed by atoms with van der Waals surface area (Å²) in [6.07, 6.45) is 0.544. The van der Waals surface area contributed by atoms with E-state index in [1.54, 1.807) is 0 Å². The molecule has 14 heavy (non-hydrogen) atoms. The van der Waals surface area contributed by atoms with Gasteiger partial charge in [-0.3, -0.25) is 0 Å². The van der Waals surface area contributed by atoms with Gasteiger partial charge < -0.3 is 13.9 Å². The van der Waals surface area contributed by atoms with Crippen molar-refractivity contribution in [3.8, 4) is 0 Å². The molecule has 1 aliphatic heterocycles. The molecular formula is C7H9NO5S. The molecule has 2 rings (SSSR count). The number of hydrogen-bond donors (Lipinski definition) is 1. The molecule has 0 aliphatic carbocycles. The summed E-state index contributed by atoms with van der Waals surface area (Å²) < 4.78 is 37.1. The van der Waals surface area contributed by atoms with Crippen LogP contribution in [0.5, 0.6) is 0 Å². The molecule has 1 aromatic rings. The molecule has 0 unspecified atom stereocenters. The molecule has 0 radical (unpaired) electrons. The Balaban J connectivity index is 2.39. The second-order valence-corrected chi connectivity index (χ2v) is 4.24.